The monoisotopic (exact) mass is 370 g/mol. The van der Waals surface area contributed by atoms with Gasteiger partial charge in [0.2, 0.25) is 5.91 Å². The maximum Gasteiger partial charge on any atom is 0.230 e. The Labute approximate surface area is 139 Å². The van der Waals surface area contributed by atoms with Crippen molar-refractivity contribution in [2.24, 2.45) is 5.73 Å². The Morgan fingerprint density at radius 3 is 2.62 bits per heavy atom. The smallest absolute Gasteiger partial charge is 0.230 e. The molecule has 1 saturated carbocycles. The Hall–Kier alpha value is -0.520. The van der Waals surface area contributed by atoms with Gasteiger partial charge in [0.25, 0.3) is 0 Å². The van der Waals surface area contributed by atoms with Gasteiger partial charge in [0.15, 0.2) is 0 Å². The molecule has 1 aromatic carbocycles. The predicted molar refractivity (Wildman–Crippen MR) is 92.7 cm³/mol. The summed E-state index contributed by atoms with van der Waals surface area (Å²) in [6, 6.07) is 4.88. The Kier molecular flexibility index (Phi) is 6.14. The number of halogens is 1. The zero-order valence-corrected chi connectivity index (χ0v) is 15.0. The average molecular weight is 371 g/mol. The van der Waals surface area contributed by atoms with E-state index in [2.05, 4.69) is 47.2 Å². The summed E-state index contributed by atoms with van der Waals surface area (Å²) in [4.78, 5) is 13.2. The fraction of sp³-hybridized carbons (Fsp3) is 0.562. The van der Waals surface area contributed by atoms with Crippen LogP contribution in [0.25, 0.3) is 0 Å². The van der Waals surface area contributed by atoms with E-state index < -0.39 is 0 Å². The quantitative estimate of drug-likeness (QED) is 0.796. The number of hydrogen-bond donors (Lipinski definition) is 2. The first-order chi connectivity index (χ1) is 9.95. The number of aryl methyl sites for hydroxylation is 2. The van der Waals surface area contributed by atoms with Crippen LogP contribution >= 0.6 is 27.7 Å². The molecule has 1 fully saturated rings. The highest BCUT2D eigenvalue weighted by Crippen LogP contribution is 2.28. The van der Waals surface area contributed by atoms with E-state index in [9.17, 15) is 4.79 Å². The molecule has 0 heterocycles. The number of amides is 1. The lowest BCUT2D eigenvalue weighted by Gasteiger charge is -2.26. The fourth-order valence-electron chi connectivity index (χ4n) is 2.59. The van der Waals surface area contributed by atoms with Gasteiger partial charge in [-0.2, -0.15) is 0 Å². The molecular weight excluding hydrogens is 348 g/mol. The van der Waals surface area contributed by atoms with Gasteiger partial charge >= 0.3 is 0 Å². The van der Waals surface area contributed by atoms with Crippen LogP contribution in [-0.2, 0) is 4.79 Å². The molecule has 0 bridgehead atoms. The number of nitrogens with two attached hydrogens (primary N) is 1. The van der Waals surface area contributed by atoms with Gasteiger partial charge in [-0.15, -0.1) is 11.8 Å². The second-order valence-corrected chi connectivity index (χ2v) is 7.71. The van der Waals surface area contributed by atoms with Crippen LogP contribution < -0.4 is 11.1 Å². The minimum absolute atomic E-state index is 0.125. The first-order valence-electron chi connectivity index (χ1n) is 7.40. The largest absolute Gasteiger partial charge is 0.353 e. The van der Waals surface area contributed by atoms with Gasteiger partial charge in [-0.3, -0.25) is 4.79 Å². The van der Waals surface area contributed by atoms with Crippen molar-refractivity contribution < 1.29 is 4.79 Å². The van der Waals surface area contributed by atoms with Gasteiger partial charge in [-0.05, 0) is 62.8 Å². The van der Waals surface area contributed by atoms with Crippen molar-refractivity contribution in [2.75, 3.05) is 5.75 Å². The average Bonchev–Trinajstić information content (AvgIpc) is 2.44. The van der Waals surface area contributed by atoms with Crippen LogP contribution in [0, 0.1) is 13.8 Å². The van der Waals surface area contributed by atoms with Crippen molar-refractivity contribution in [3.63, 3.8) is 0 Å². The van der Waals surface area contributed by atoms with Crippen LogP contribution in [0.3, 0.4) is 0 Å². The van der Waals surface area contributed by atoms with E-state index in [4.69, 9.17) is 5.73 Å². The number of benzene rings is 1. The Balaban J connectivity index is 1.83. The summed E-state index contributed by atoms with van der Waals surface area (Å²) in [7, 11) is 0. The molecule has 1 aliphatic rings. The number of carbonyl (C=O) groups is 1. The SMILES string of the molecule is Cc1cc(SCC(=O)NC2CCC(N)CC2)c(C)cc1Br. The summed E-state index contributed by atoms with van der Waals surface area (Å²) in [6.07, 6.45) is 4.05. The lowest BCUT2D eigenvalue weighted by atomic mass is 9.92. The molecule has 1 aliphatic carbocycles. The highest BCUT2D eigenvalue weighted by atomic mass is 79.9. The third kappa shape index (κ3) is 5.01. The van der Waals surface area contributed by atoms with Gasteiger partial charge in [0.05, 0.1) is 5.75 Å². The van der Waals surface area contributed by atoms with Gasteiger partial charge in [0, 0.05) is 21.5 Å². The van der Waals surface area contributed by atoms with Crippen molar-refractivity contribution in [1.82, 2.24) is 5.32 Å². The molecule has 0 aromatic heterocycles. The zero-order chi connectivity index (χ0) is 15.4. The Bertz CT molecular complexity index is 513. The molecule has 1 amide bonds. The molecular formula is C16H23BrN2OS. The van der Waals surface area contributed by atoms with Crippen LogP contribution in [0.1, 0.15) is 36.8 Å². The Morgan fingerprint density at radius 1 is 1.29 bits per heavy atom. The first kappa shape index (κ1) is 16.8. The molecule has 116 valence electrons. The van der Waals surface area contributed by atoms with E-state index in [1.165, 1.54) is 16.0 Å². The standard InChI is InChI=1S/C16H23BrN2OS/c1-10-8-15(11(2)7-14(10)17)21-9-16(20)19-13-5-3-12(18)4-6-13/h7-8,12-13H,3-6,9,18H2,1-2H3,(H,19,20). The van der Waals surface area contributed by atoms with Gasteiger partial charge in [-0.1, -0.05) is 15.9 Å². The van der Waals surface area contributed by atoms with E-state index in [0.29, 0.717) is 17.8 Å². The van der Waals surface area contributed by atoms with Crippen LogP contribution in [-0.4, -0.2) is 23.7 Å². The zero-order valence-electron chi connectivity index (χ0n) is 12.6. The molecule has 5 heteroatoms. The highest BCUT2D eigenvalue weighted by molar-refractivity contribution is 9.10. The molecule has 21 heavy (non-hydrogen) atoms. The maximum absolute atomic E-state index is 12.1. The maximum atomic E-state index is 12.1. The molecule has 0 atom stereocenters. The molecule has 0 spiro atoms. The first-order valence-corrected chi connectivity index (χ1v) is 9.18. The van der Waals surface area contributed by atoms with E-state index in [-0.39, 0.29) is 5.91 Å². The van der Waals surface area contributed by atoms with Crippen molar-refractivity contribution >= 4 is 33.6 Å². The highest BCUT2D eigenvalue weighted by Gasteiger charge is 2.20. The van der Waals surface area contributed by atoms with Crippen LogP contribution in [0.2, 0.25) is 0 Å². The molecule has 2 rings (SSSR count). The lowest BCUT2D eigenvalue weighted by Crippen LogP contribution is -2.41. The van der Waals surface area contributed by atoms with Crippen LogP contribution in [0.5, 0.6) is 0 Å². The van der Waals surface area contributed by atoms with Crippen molar-refractivity contribution in [1.29, 1.82) is 0 Å². The summed E-state index contributed by atoms with van der Waals surface area (Å²) in [5.74, 6) is 0.602. The molecule has 0 saturated heterocycles. The van der Waals surface area contributed by atoms with Gasteiger partial charge in [0.1, 0.15) is 0 Å². The molecule has 1 aromatic rings. The third-order valence-electron chi connectivity index (χ3n) is 3.95. The summed E-state index contributed by atoms with van der Waals surface area (Å²) in [5, 5.41) is 3.13. The lowest BCUT2D eigenvalue weighted by molar-refractivity contribution is -0.119. The summed E-state index contributed by atoms with van der Waals surface area (Å²) < 4.78 is 1.12. The predicted octanol–water partition coefficient (Wildman–Crippen LogP) is 3.54. The van der Waals surface area contributed by atoms with Gasteiger partial charge in [-0.25, -0.2) is 0 Å². The topological polar surface area (TPSA) is 55.1 Å². The van der Waals surface area contributed by atoms with E-state index in [1.54, 1.807) is 11.8 Å². The van der Waals surface area contributed by atoms with Crippen molar-refractivity contribution in [3.05, 3.63) is 27.7 Å². The van der Waals surface area contributed by atoms with Crippen molar-refractivity contribution in [2.45, 2.75) is 56.5 Å². The number of hydrogen-bond acceptors (Lipinski definition) is 3. The molecule has 0 aliphatic heterocycles. The van der Waals surface area contributed by atoms with Crippen LogP contribution in [0.15, 0.2) is 21.5 Å². The molecule has 3 nitrogen and oxygen atoms in total. The Morgan fingerprint density at radius 2 is 1.95 bits per heavy atom. The summed E-state index contributed by atoms with van der Waals surface area (Å²) in [6.45, 7) is 4.14. The number of thioether (sulfide) groups is 1. The number of nitrogens with one attached hydrogen (secondary N) is 1. The number of rotatable bonds is 4. The van der Waals surface area contributed by atoms with Crippen molar-refractivity contribution in [3.8, 4) is 0 Å². The fourth-order valence-corrected chi connectivity index (χ4v) is 3.96. The molecule has 3 N–H and O–H groups in total. The second kappa shape index (κ2) is 7.65. The minimum Gasteiger partial charge on any atom is -0.353 e. The normalized spacial score (nSPS) is 22.1. The summed E-state index contributed by atoms with van der Waals surface area (Å²) >= 11 is 5.14. The van der Waals surface area contributed by atoms with E-state index >= 15 is 0 Å². The summed E-state index contributed by atoms with van der Waals surface area (Å²) in [5.41, 5.74) is 8.29. The van der Waals surface area contributed by atoms with Gasteiger partial charge < -0.3 is 11.1 Å². The third-order valence-corrected chi connectivity index (χ3v) is 5.96. The van der Waals surface area contributed by atoms with E-state index in [1.807, 2.05) is 0 Å². The van der Waals surface area contributed by atoms with E-state index in [0.717, 1.165) is 30.2 Å². The van der Waals surface area contributed by atoms with Crippen LogP contribution in [0.4, 0.5) is 0 Å². The molecule has 0 unspecified atom stereocenters. The minimum atomic E-state index is 0.125. The molecule has 0 radical (unpaired) electrons. The number of carbonyl (C=O) groups excluding carboxylic acids is 1. The second-order valence-electron chi connectivity index (χ2n) is 5.83.